The second-order valence-electron chi connectivity index (χ2n) is 4.97. The predicted octanol–water partition coefficient (Wildman–Crippen LogP) is 2.85. The number of ether oxygens (including phenoxy) is 1. The summed E-state index contributed by atoms with van der Waals surface area (Å²) >= 11 is 0. The Bertz CT molecular complexity index is 702. The molecular weight excluding hydrogens is 273 g/mol. The molecule has 3 rings (SSSR count). The lowest BCUT2D eigenvalue weighted by atomic mass is 10.1. The van der Waals surface area contributed by atoms with Crippen LogP contribution < -0.4 is 9.64 Å². The molecule has 1 heterocycles. The van der Waals surface area contributed by atoms with E-state index in [2.05, 4.69) is 0 Å². The van der Waals surface area contributed by atoms with E-state index in [-0.39, 0.29) is 24.0 Å². The fourth-order valence-corrected chi connectivity index (χ4v) is 2.38. The van der Waals surface area contributed by atoms with Gasteiger partial charge in [-0.2, -0.15) is 0 Å². The predicted molar refractivity (Wildman–Crippen MR) is 75.8 cm³/mol. The molecule has 0 aromatic heterocycles. The van der Waals surface area contributed by atoms with Gasteiger partial charge in [0.25, 0.3) is 5.91 Å². The summed E-state index contributed by atoms with van der Waals surface area (Å²) in [6.45, 7) is 1.90. The van der Waals surface area contributed by atoms with Crippen LogP contribution in [0, 0.1) is 5.82 Å². The average Bonchev–Trinajstić information content (AvgIpc) is 2.44. The van der Waals surface area contributed by atoms with Crippen molar-refractivity contribution in [3.05, 3.63) is 53.8 Å². The van der Waals surface area contributed by atoms with Crippen molar-refractivity contribution in [3.63, 3.8) is 0 Å². The van der Waals surface area contributed by atoms with E-state index in [0.29, 0.717) is 17.0 Å². The number of anilines is 1. The molecule has 21 heavy (non-hydrogen) atoms. The van der Waals surface area contributed by atoms with Gasteiger partial charge in [0.05, 0.1) is 12.2 Å². The van der Waals surface area contributed by atoms with Gasteiger partial charge in [-0.15, -0.1) is 0 Å². The van der Waals surface area contributed by atoms with Crippen molar-refractivity contribution in [2.45, 2.75) is 19.6 Å². The number of carbonyl (C=O) groups is 1. The van der Waals surface area contributed by atoms with Gasteiger partial charge >= 0.3 is 0 Å². The van der Waals surface area contributed by atoms with E-state index < -0.39 is 6.10 Å². The maximum atomic E-state index is 13.3. The van der Waals surface area contributed by atoms with Crippen molar-refractivity contribution in [2.24, 2.45) is 0 Å². The van der Waals surface area contributed by atoms with Crippen molar-refractivity contribution in [1.29, 1.82) is 0 Å². The molecule has 1 N–H and O–H groups in total. The molecule has 0 fully saturated rings. The Hall–Kier alpha value is -2.56. The van der Waals surface area contributed by atoms with E-state index in [4.69, 9.17) is 4.74 Å². The number of hydrogen-bond donors (Lipinski definition) is 1. The molecule has 1 unspecified atom stereocenters. The van der Waals surface area contributed by atoms with Crippen LogP contribution in [0.3, 0.4) is 0 Å². The average molecular weight is 287 g/mol. The first-order chi connectivity index (χ1) is 10.0. The van der Waals surface area contributed by atoms with Crippen LogP contribution in [0.5, 0.6) is 11.5 Å². The van der Waals surface area contributed by atoms with Crippen molar-refractivity contribution in [3.8, 4) is 11.5 Å². The molecule has 0 saturated heterocycles. The van der Waals surface area contributed by atoms with E-state index >= 15 is 0 Å². The number of phenolic OH excluding ortho intramolecular Hbond substituents is 1. The van der Waals surface area contributed by atoms with Gasteiger partial charge in [0.15, 0.2) is 6.10 Å². The summed E-state index contributed by atoms with van der Waals surface area (Å²) in [6.07, 6.45) is -0.646. The van der Waals surface area contributed by atoms with Gasteiger partial charge in [-0.1, -0.05) is 12.1 Å². The number of carbonyl (C=O) groups excluding carboxylic acids is 1. The van der Waals surface area contributed by atoms with E-state index in [9.17, 15) is 14.3 Å². The number of phenols is 1. The van der Waals surface area contributed by atoms with Crippen LogP contribution in [-0.2, 0) is 11.3 Å². The quantitative estimate of drug-likeness (QED) is 0.924. The maximum absolute atomic E-state index is 13.3. The highest BCUT2D eigenvalue weighted by Crippen LogP contribution is 2.37. The van der Waals surface area contributed by atoms with Gasteiger partial charge < -0.3 is 14.7 Å². The van der Waals surface area contributed by atoms with Crippen LogP contribution in [0.4, 0.5) is 10.1 Å². The summed E-state index contributed by atoms with van der Waals surface area (Å²) in [5.41, 5.74) is 1.26. The third-order valence-corrected chi connectivity index (χ3v) is 3.38. The normalized spacial score (nSPS) is 17.3. The molecule has 1 amide bonds. The monoisotopic (exact) mass is 287 g/mol. The summed E-state index contributed by atoms with van der Waals surface area (Å²) in [7, 11) is 0. The lowest BCUT2D eigenvalue weighted by molar-refractivity contribution is -0.125. The summed E-state index contributed by atoms with van der Waals surface area (Å²) in [5.74, 6) is -0.0239. The Morgan fingerprint density at radius 2 is 2.10 bits per heavy atom. The van der Waals surface area contributed by atoms with Crippen molar-refractivity contribution >= 4 is 11.6 Å². The fraction of sp³-hybridized carbons (Fsp3) is 0.188. The molecule has 0 aliphatic carbocycles. The van der Waals surface area contributed by atoms with Crippen molar-refractivity contribution in [2.75, 3.05) is 4.90 Å². The van der Waals surface area contributed by atoms with E-state index in [1.165, 1.54) is 29.2 Å². The third kappa shape index (κ3) is 2.54. The minimum absolute atomic E-state index is 0.0704. The largest absolute Gasteiger partial charge is 0.508 e. The number of amides is 1. The summed E-state index contributed by atoms with van der Waals surface area (Å²) in [4.78, 5) is 13.8. The zero-order chi connectivity index (χ0) is 15.0. The minimum Gasteiger partial charge on any atom is -0.508 e. The van der Waals surface area contributed by atoms with Gasteiger partial charge in [0.1, 0.15) is 17.3 Å². The summed E-state index contributed by atoms with van der Waals surface area (Å²) < 4.78 is 18.8. The zero-order valence-corrected chi connectivity index (χ0v) is 11.4. The van der Waals surface area contributed by atoms with Gasteiger partial charge in [-0.25, -0.2) is 4.39 Å². The highest BCUT2D eigenvalue weighted by atomic mass is 19.1. The highest BCUT2D eigenvalue weighted by Gasteiger charge is 2.31. The van der Waals surface area contributed by atoms with Crippen LogP contribution >= 0.6 is 0 Å². The lowest BCUT2D eigenvalue weighted by Gasteiger charge is -2.33. The molecule has 1 aliphatic heterocycles. The zero-order valence-electron chi connectivity index (χ0n) is 11.4. The summed E-state index contributed by atoms with van der Waals surface area (Å²) in [5, 5.41) is 9.52. The van der Waals surface area contributed by atoms with E-state index in [1.807, 2.05) is 0 Å². The highest BCUT2D eigenvalue weighted by molar-refractivity contribution is 5.99. The SMILES string of the molecule is CC1Oc2cc(O)ccc2N(Cc2cccc(F)c2)C1=O. The molecule has 108 valence electrons. The second kappa shape index (κ2) is 5.09. The first-order valence-corrected chi connectivity index (χ1v) is 6.60. The molecule has 5 heteroatoms. The first-order valence-electron chi connectivity index (χ1n) is 6.60. The van der Waals surface area contributed by atoms with Crippen molar-refractivity contribution < 1.29 is 19.0 Å². The summed E-state index contributed by atoms with van der Waals surface area (Å²) in [6, 6.07) is 10.7. The number of fused-ring (bicyclic) bond motifs is 1. The molecule has 2 aromatic carbocycles. The molecular formula is C16H14FNO3. The van der Waals surface area contributed by atoms with Crippen LogP contribution in [0.15, 0.2) is 42.5 Å². The molecule has 0 saturated carbocycles. The minimum atomic E-state index is -0.646. The number of benzene rings is 2. The number of hydrogen-bond acceptors (Lipinski definition) is 3. The first kappa shape index (κ1) is 13.4. The Morgan fingerprint density at radius 3 is 2.86 bits per heavy atom. The van der Waals surface area contributed by atoms with E-state index in [1.54, 1.807) is 25.1 Å². The van der Waals surface area contributed by atoms with E-state index in [0.717, 1.165) is 0 Å². The Balaban J connectivity index is 1.99. The number of nitrogens with zero attached hydrogens (tertiary/aromatic N) is 1. The molecule has 0 spiro atoms. The van der Waals surface area contributed by atoms with Crippen LogP contribution in [-0.4, -0.2) is 17.1 Å². The molecule has 4 nitrogen and oxygen atoms in total. The number of rotatable bonds is 2. The molecule has 0 radical (unpaired) electrons. The Labute approximate surface area is 121 Å². The van der Waals surface area contributed by atoms with Gasteiger partial charge in [-0.05, 0) is 36.8 Å². The van der Waals surface area contributed by atoms with Gasteiger partial charge in [0, 0.05) is 6.07 Å². The van der Waals surface area contributed by atoms with Crippen LogP contribution in [0.25, 0.3) is 0 Å². The third-order valence-electron chi connectivity index (χ3n) is 3.38. The topological polar surface area (TPSA) is 49.8 Å². The molecule has 1 aliphatic rings. The Kier molecular flexibility index (Phi) is 3.25. The lowest BCUT2D eigenvalue weighted by Crippen LogP contribution is -2.43. The molecule has 2 aromatic rings. The maximum Gasteiger partial charge on any atom is 0.268 e. The second-order valence-corrected chi connectivity index (χ2v) is 4.97. The standard InChI is InChI=1S/C16H14FNO3/c1-10-16(20)18(9-11-3-2-4-12(17)7-11)14-6-5-13(19)8-15(14)21-10/h2-8,10,19H,9H2,1H3. The molecule has 0 bridgehead atoms. The Morgan fingerprint density at radius 1 is 1.29 bits per heavy atom. The fourth-order valence-electron chi connectivity index (χ4n) is 2.38. The van der Waals surface area contributed by atoms with Crippen molar-refractivity contribution in [1.82, 2.24) is 0 Å². The molecule has 1 atom stereocenters. The van der Waals surface area contributed by atoms with Gasteiger partial charge in [-0.3, -0.25) is 4.79 Å². The van der Waals surface area contributed by atoms with Gasteiger partial charge in [0.2, 0.25) is 0 Å². The van der Waals surface area contributed by atoms with Crippen LogP contribution in [0.1, 0.15) is 12.5 Å². The smallest absolute Gasteiger partial charge is 0.268 e. The number of aromatic hydroxyl groups is 1. The number of halogens is 1. The van der Waals surface area contributed by atoms with Crippen LogP contribution in [0.2, 0.25) is 0 Å².